The van der Waals surface area contributed by atoms with Gasteiger partial charge in [-0.1, -0.05) is 36.4 Å². The quantitative estimate of drug-likeness (QED) is 0.736. The molecule has 0 aromatic heterocycles. The maximum atomic E-state index is 10.2. The highest BCUT2D eigenvalue weighted by Gasteiger charge is 2.12. The molecule has 0 amide bonds. The summed E-state index contributed by atoms with van der Waals surface area (Å²) in [5, 5.41) is 23.4. The average Bonchev–Trinajstić information content (AvgIpc) is 2.54. The van der Waals surface area contributed by atoms with Gasteiger partial charge in [0.05, 0.1) is 13.2 Å². The summed E-state index contributed by atoms with van der Waals surface area (Å²) < 4.78 is 5.06. The summed E-state index contributed by atoms with van der Waals surface area (Å²) in [5.41, 5.74) is 1.73. The maximum absolute atomic E-state index is 10.2. The van der Waals surface area contributed by atoms with Crippen molar-refractivity contribution < 1.29 is 14.9 Å². The molecule has 0 aliphatic rings. The molecule has 0 saturated carbocycles. The number of hydrogen-bond acceptors (Lipinski definition) is 4. The van der Waals surface area contributed by atoms with Crippen molar-refractivity contribution in [2.45, 2.75) is 32.0 Å². The number of aliphatic hydroxyl groups excluding tert-OH is 1. The van der Waals surface area contributed by atoms with E-state index < -0.39 is 6.10 Å². The van der Waals surface area contributed by atoms with Crippen molar-refractivity contribution in [1.29, 1.82) is 0 Å². The van der Waals surface area contributed by atoms with E-state index in [-0.39, 0.29) is 11.8 Å². The normalized spacial score (nSPS) is 13.6. The van der Waals surface area contributed by atoms with Crippen molar-refractivity contribution in [1.82, 2.24) is 5.32 Å². The van der Waals surface area contributed by atoms with Crippen LogP contribution in [0.4, 0.5) is 0 Å². The smallest absolute Gasteiger partial charge is 0.123 e. The van der Waals surface area contributed by atoms with Crippen LogP contribution >= 0.6 is 0 Å². The maximum Gasteiger partial charge on any atom is 0.123 e. The zero-order chi connectivity index (χ0) is 15.9. The summed E-state index contributed by atoms with van der Waals surface area (Å²) in [4.78, 5) is 0. The number of ether oxygens (including phenoxy) is 1. The van der Waals surface area contributed by atoms with E-state index >= 15 is 0 Å². The Bertz CT molecular complexity index is 586. The van der Waals surface area contributed by atoms with Gasteiger partial charge in [0.15, 0.2) is 0 Å². The SMILES string of the molecule is COc1ccc(CNC(C)CC(O)c2ccccc2)c(O)c1. The Morgan fingerprint density at radius 2 is 1.86 bits per heavy atom. The number of phenolic OH excluding ortho intramolecular Hbond substituents is 1. The third kappa shape index (κ3) is 4.48. The Kier molecular flexibility index (Phi) is 5.81. The van der Waals surface area contributed by atoms with Crippen LogP contribution in [0.1, 0.15) is 30.6 Å². The Hall–Kier alpha value is -2.04. The molecule has 0 bridgehead atoms. The van der Waals surface area contributed by atoms with Crippen molar-refractivity contribution in [2.24, 2.45) is 0 Å². The highest BCUT2D eigenvalue weighted by Crippen LogP contribution is 2.24. The van der Waals surface area contributed by atoms with Crippen LogP contribution in [-0.2, 0) is 6.54 Å². The molecule has 2 aromatic carbocycles. The Morgan fingerprint density at radius 3 is 2.50 bits per heavy atom. The first-order valence-electron chi connectivity index (χ1n) is 7.42. The number of methoxy groups -OCH3 is 1. The Balaban J connectivity index is 1.86. The lowest BCUT2D eigenvalue weighted by Gasteiger charge is -2.18. The average molecular weight is 301 g/mol. The van der Waals surface area contributed by atoms with Crippen molar-refractivity contribution in [3.63, 3.8) is 0 Å². The standard InChI is InChI=1S/C18H23NO3/c1-13(10-17(20)14-6-4-3-5-7-14)19-12-15-8-9-16(22-2)11-18(15)21/h3-9,11,13,17,19-21H,10,12H2,1-2H3. The van der Waals surface area contributed by atoms with Crippen LogP contribution < -0.4 is 10.1 Å². The highest BCUT2D eigenvalue weighted by atomic mass is 16.5. The number of benzene rings is 2. The lowest BCUT2D eigenvalue weighted by atomic mass is 10.0. The van der Waals surface area contributed by atoms with Crippen molar-refractivity contribution in [3.8, 4) is 11.5 Å². The van der Waals surface area contributed by atoms with Crippen molar-refractivity contribution in [2.75, 3.05) is 7.11 Å². The minimum Gasteiger partial charge on any atom is -0.507 e. The van der Waals surface area contributed by atoms with Crippen LogP contribution in [-0.4, -0.2) is 23.4 Å². The summed E-state index contributed by atoms with van der Waals surface area (Å²) in [5.74, 6) is 0.844. The second-order valence-electron chi connectivity index (χ2n) is 5.44. The van der Waals surface area contributed by atoms with Gasteiger partial charge < -0.3 is 20.3 Å². The van der Waals surface area contributed by atoms with Crippen LogP contribution in [0.15, 0.2) is 48.5 Å². The number of aromatic hydroxyl groups is 1. The number of nitrogens with one attached hydrogen (secondary N) is 1. The number of rotatable bonds is 7. The molecule has 4 heteroatoms. The Labute approximate surface area is 131 Å². The lowest BCUT2D eigenvalue weighted by molar-refractivity contribution is 0.154. The van der Waals surface area contributed by atoms with Crippen LogP contribution in [0, 0.1) is 0 Å². The van der Waals surface area contributed by atoms with E-state index in [1.807, 2.05) is 49.4 Å². The number of hydrogen-bond donors (Lipinski definition) is 3. The van der Waals surface area contributed by atoms with Gasteiger partial charge in [-0.05, 0) is 25.0 Å². The zero-order valence-electron chi connectivity index (χ0n) is 13.0. The largest absolute Gasteiger partial charge is 0.507 e. The molecule has 118 valence electrons. The van der Waals surface area contributed by atoms with E-state index in [1.54, 1.807) is 13.2 Å². The first-order chi connectivity index (χ1) is 10.6. The molecule has 4 nitrogen and oxygen atoms in total. The molecule has 2 unspecified atom stereocenters. The van der Waals surface area contributed by atoms with E-state index in [0.717, 1.165) is 11.1 Å². The summed E-state index contributed by atoms with van der Waals surface area (Å²) in [6.07, 6.45) is 0.120. The third-order valence-corrected chi connectivity index (χ3v) is 3.69. The first-order valence-corrected chi connectivity index (χ1v) is 7.42. The Morgan fingerprint density at radius 1 is 1.14 bits per heavy atom. The monoisotopic (exact) mass is 301 g/mol. The molecule has 2 rings (SSSR count). The van der Waals surface area contributed by atoms with Gasteiger partial charge in [0.1, 0.15) is 11.5 Å². The molecule has 0 fully saturated rings. The molecule has 0 spiro atoms. The second-order valence-corrected chi connectivity index (χ2v) is 5.44. The van der Waals surface area contributed by atoms with Crippen LogP contribution in [0.2, 0.25) is 0 Å². The van der Waals surface area contributed by atoms with Crippen molar-refractivity contribution in [3.05, 3.63) is 59.7 Å². The van der Waals surface area contributed by atoms with E-state index in [1.165, 1.54) is 0 Å². The molecule has 0 heterocycles. The molecule has 2 aromatic rings. The second kappa shape index (κ2) is 7.82. The van der Waals surface area contributed by atoms with Crippen molar-refractivity contribution >= 4 is 0 Å². The molecule has 0 radical (unpaired) electrons. The fraction of sp³-hybridized carbons (Fsp3) is 0.333. The summed E-state index contributed by atoms with van der Waals surface area (Å²) in [6.45, 7) is 2.56. The molecule has 0 aliphatic carbocycles. The fourth-order valence-corrected chi connectivity index (χ4v) is 2.33. The lowest BCUT2D eigenvalue weighted by Crippen LogP contribution is -2.27. The fourth-order valence-electron chi connectivity index (χ4n) is 2.33. The topological polar surface area (TPSA) is 61.7 Å². The molecule has 0 saturated heterocycles. The predicted octanol–water partition coefficient (Wildman–Crippen LogP) is 3.00. The van der Waals surface area contributed by atoms with Crippen LogP contribution in [0.25, 0.3) is 0 Å². The van der Waals surface area contributed by atoms with E-state index in [4.69, 9.17) is 4.74 Å². The summed E-state index contributed by atoms with van der Waals surface area (Å²) in [6, 6.07) is 15.0. The van der Waals surface area contributed by atoms with Gasteiger partial charge >= 0.3 is 0 Å². The summed E-state index contributed by atoms with van der Waals surface area (Å²) in [7, 11) is 1.57. The predicted molar refractivity (Wildman–Crippen MR) is 87.0 cm³/mol. The van der Waals surface area contributed by atoms with Gasteiger partial charge in [0, 0.05) is 24.2 Å². The molecular formula is C18H23NO3. The minimum atomic E-state index is -0.492. The molecule has 2 atom stereocenters. The van der Waals surface area contributed by atoms with Gasteiger partial charge in [-0.2, -0.15) is 0 Å². The molecular weight excluding hydrogens is 278 g/mol. The van der Waals surface area contributed by atoms with Gasteiger partial charge in [-0.3, -0.25) is 0 Å². The van der Waals surface area contributed by atoms with Gasteiger partial charge in [-0.25, -0.2) is 0 Å². The molecule has 22 heavy (non-hydrogen) atoms. The van der Waals surface area contributed by atoms with Gasteiger partial charge in [-0.15, -0.1) is 0 Å². The number of phenols is 1. The minimum absolute atomic E-state index is 0.122. The van der Waals surface area contributed by atoms with E-state index in [0.29, 0.717) is 18.7 Å². The highest BCUT2D eigenvalue weighted by molar-refractivity contribution is 5.39. The number of aliphatic hydroxyl groups is 1. The summed E-state index contributed by atoms with van der Waals surface area (Å²) >= 11 is 0. The van der Waals surface area contributed by atoms with Crippen LogP contribution in [0.3, 0.4) is 0 Å². The van der Waals surface area contributed by atoms with E-state index in [2.05, 4.69) is 5.32 Å². The van der Waals surface area contributed by atoms with E-state index in [9.17, 15) is 10.2 Å². The van der Waals surface area contributed by atoms with Crippen LogP contribution in [0.5, 0.6) is 11.5 Å². The first kappa shape index (κ1) is 16.3. The molecule has 0 aliphatic heterocycles. The van der Waals surface area contributed by atoms with Gasteiger partial charge in [0.25, 0.3) is 0 Å². The zero-order valence-corrected chi connectivity index (χ0v) is 13.0. The van der Waals surface area contributed by atoms with Gasteiger partial charge in [0.2, 0.25) is 0 Å². The molecule has 3 N–H and O–H groups in total. The third-order valence-electron chi connectivity index (χ3n) is 3.69.